The number of halogens is 3. The van der Waals surface area contributed by atoms with Crippen LogP contribution in [-0.2, 0) is 11.3 Å². The number of nitrogens with zero attached hydrogens (tertiary/aromatic N) is 2. The zero-order valence-corrected chi connectivity index (χ0v) is 15.9. The van der Waals surface area contributed by atoms with Gasteiger partial charge in [-0.1, -0.05) is 29.8 Å². The first-order valence-electron chi connectivity index (χ1n) is 8.23. The largest absolute Gasteiger partial charge is 0.325 e. The fraction of sp³-hybridized carbons (Fsp3) is 0.316. The average Bonchev–Trinajstić information content (AvgIpc) is 3.03. The lowest BCUT2D eigenvalue weighted by Gasteiger charge is -2.27. The van der Waals surface area contributed by atoms with Crippen LogP contribution < -0.4 is 0 Å². The number of likely N-dealkylation sites (N-methyl/N-ethyl adjacent to an activating group) is 1. The van der Waals surface area contributed by atoms with Crippen molar-refractivity contribution in [1.82, 2.24) is 9.80 Å². The van der Waals surface area contributed by atoms with Gasteiger partial charge in [0.2, 0.25) is 5.91 Å². The van der Waals surface area contributed by atoms with Gasteiger partial charge in [0.1, 0.15) is 17.0 Å². The van der Waals surface area contributed by atoms with Gasteiger partial charge in [-0.05, 0) is 30.8 Å². The van der Waals surface area contributed by atoms with E-state index >= 15 is 0 Å². The van der Waals surface area contributed by atoms with Crippen LogP contribution in [0.4, 0.5) is 8.78 Å². The Morgan fingerprint density at radius 1 is 1.27 bits per heavy atom. The summed E-state index contributed by atoms with van der Waals surface area (Å²) in [6.07, 6.45) is 0. The number of thioether (sulfide) groups is 1. The first kappa shape index (κ1) is 19.1. The van der Waals surface area contributed by atoms with Gasteiger partial charge in [-0.25, -0.2) is 8.78 Å². The van der Waals surface area contributed by atoms with Crippen LogP contribution in [0.25, 0.3) is 0 Å². The lowest BCUT2D eigenvalue weighted by molar-refractivity contribution is -0.132. The molecule has 1 amide bonds. The quantitative estimate of drug-likeness (QED) is 0.751. The van der Waals surface area contributed by atoms with Gasteiger partial charge in [0.25, 0.3) is 0 Å². The topological polar surface area (TPSA) is 23.6 Å². The fourth-order valence-corrected chi connectivity index (χ4v) is 4.67. The van der Waals surface area contributed by atoms with Crippen molar-refractivity contribution in [3.63, 3.8) is 0 Å². The Kier molecular flexibility index (Phi) is 6.16. The van der Waals surface area contributed by atoms with Crippen molar-refractivity contribution >= 4 is 29.3 Å². The van der Waals surface area contributed by atoms with E-state index in [9.17, 15) is 13.6 Å². The van der Waals surface area contributed by atoms with Crippen LogP contribution in [0.15, 0.2) is 42.5 Å². The summed E-state index contributed by atoms with van der Waals surface area (Å²) in [5, 5.41) is 0.546. The van der Waals surface area contributed by atoms with E-state index in [-0.39, 0.29) is 24.4 Å². The predicted octanol–water partition coefficient (Wildman–Crippen LogP) is 4.32. The van der Waals surface area contributed by atoms with Crippen molar-refractivity contribution in [2.24, 2.45) is 0 Å². The third kappa shape index (κ3) is 4.55. The van der Waals surface area contributed by atoms with E-state index in [4.69, 9.17) is 11.6 Å². The van der Waals surface area contributed by atoms with Crippen LogP contribution in [0.5, 0.6) is 0 Å². The van der Waals surface area contributed by atoms with Crippen LogP contribution in [-0.4, -0.2) is 41.6 Å². The molecule has 3 nitrogen and oxygen atoms in total. The van der Waals surface area contributed by atoms with Crippen molar-refractivity contribution in [1.29, 1.82) is 0 Å². The lowest BCUT2D eigenvalue weighted by atomic mass is 10.2. The van der Waals surface area contributed by atoms with Crippen LogP contribution in [0.3, 0.4) is 0 Å². The van der Waals surface area contributed by atoms with Crippen LogP contribution in [0, 0.1) is 11.6 Å². The Morgan fingerprint density at radius 3 is 2.65 bits per heavy atom. The third-order valence-electron chi connectivity index (χ3n) is 4.16. The van der Waals surface area contributed by atoms with Crippen molar-refractivity contribution in [2.45, 2.75) is 11.9 Å². The second-order valence-corrected chi connectivity index (χ2v) is 7.88. The third-order valence-corrected chi connectivity index (χ3v) is 5.75. The maximum absolute atomic E-state index is 13.3. The zero-order valence-electron chi connectivity index (χ0n) is 14.3. The van der Waals surface area contributed by atoms with Gasteiger partial charge in [0, 0.05) is 35.5 Å². The minimum Gasteiger partial charge on any atom is -0.325 e. The fourth-order valence-electron chi connectivity index (χ4n) is 3.05. The van der Waals surface area contributed by atoms with E-state index in [0.717, 1.165) is 17.4 Å². The molecule has 1 saturated heterocycles. The molecule has 138 valence electrons. The van der Waals surface area contributed by atoms with Crippen LogP contribution in [0.1, 0.15) is 16.5 Å². The van der Waals surface area contributed by atoms with E-state index in [1.165, 1.54) is 12.1 Å². The molecule has 1 aliphatic rings. The molecule has 2 aromatic rings. The number of carbonyl (C=O) groups excluding carboxylic acids is 1. The van der Waals surface area contributed by atoms with Crippen LogP contribution >= 0.6 is 23.4 Å². The van der Waals surface area contributed by atoms with Gasteiger partial charge in [0.05, 0.1) is 6.54 Å². The molecule has 0 N–H and O–H groups in total. The molecule has 26 heavy (non-hydrogen) atoms. The van der Waals surface area contributed by atoms with E-state index in [1.807, 2.05) is 29.2 Å². The van der Waals surface area contributed by atoms with E-state index < -0.39 is 11.6 Å². The molecular formula is C19H19ClF2N2OS. The first-order chi connectivity index (χ1) is 12.4. The number of rotatable bonds is 5. The van der Waals surface area contributed by atoms with Gasteiger partial charge in [-0.2, -0.15) is 0 Å². The molecule has 0 aliphatic carbocycles. The molecule has 0 bridgehead atoms. The molecule has 7 heteroatoms. The lowest BCUT2D eigenvalue weighted by Crippen LogP contribution is -2.38. The molecule has 0 spiro atoms. The monoisotopic (exact) mass is 396 g/mol. The molecule has 0 aromatic heterocycles. The smallest absolute Gasteiger partial charge is 0.237 e. The summed E-state index contributed by atoms with van der Waals surface area (Å²) in [5.41, 5.74) is 1.43. The summed E-state index contributed by atoms with van der Waals surface area (Å²) in [4.78, 5) is 16.3. The second-order valence-electron chi connectivity index (χ2n) is 6.28. The number of amides is 1. The normalized spacial score (nSPS) is 17.1. The Balaban J connectivity index is 1.66. The van der Waals surface area contributed by atoms with Crippen molar-refractivity contribution in [2.75, 3.05) is 25.9 Å². The summed E-state index contributed by atoms with van der Waals surface area (Å²) in [6, 6.07) is 10.9. The van der Waals surface area contributed by atoms with Crippen LogP contribution in [0.2, 0.25) is 5.02 Å². The molecule has 0 radical (unpaired) electrons. The number of hydrogen-bond acceptors (Lipinski definition) is 3. The minimum absolute atomic E-state index is 0.0284. The molecule has 1 heterocycles. The Hall–Kier alpha value is -1.63. The zero-order chi connectivity index (χ0) is 18.7. The predicted molar refractivity (Wildman–Crippen MR) is 101 cm³/mol. The van der Waals surface area contributed by atoms with Gasteiger partial charge < -0.3 is 4.90 Å². The molecule has 1 fully saturated rings. The molecular weight excluding hydrogens is 378 g/mol. The molecule has 2 aromatic carbocycles. The molecule has 3 rings (SSSR count). The summed E-state index contributed by atoms with van der Waals surface area (Å²) < 4.78 is 26.6. The summed E-state index contributed by atoms with van der Waals surface area (Å²) in [6.45, 7) is 1.11. The maximum Gasteiger partial charge on any atom is 0.237 e. The number of hydrogen-bond donors (Lipinski definition) is 0. The standard InChI is InChI=1S/C19H19ClF2N2OS/c1-23(11-13-8-14(21)10-15(22)9-13)12-18(25)24-6-7-26-19(24)16-4-2-3-5-17(16)20/h2-5,8-10,19H,6-7,11-12H2,1H3/t19-/m0/s1. The minimum atomic E-state index is -0.616. The van der Waals surface area contributed by atoms with E-state index in [2.05, 4.69) is 0 Å². The first-order valence-corrected chi connectivity index (χ1v) is 9.66. The molecule has 1 atom stereocenters. The van der Waals surface area contributed by atoms with Gasteiger partial charge in [0.15, 0.2) is 0 Å². The molecule has 0 unspecified atom stereocenters. The Morgan fingerprint density at radius 2 is 1.96 bits per heavy atom. The highest BCUT2D eigenvalue weighted by atomic mass is 35.5. The molecule has 1 aliphatic heterocycles. The highest BCUT2D eigenvalue weighted by Gasteiger charge is 2.32. The number of carbonyl (C=O) groups is 1. The molecule has 0 saturated carbocycles. The summed E-state index contributed by atoms with van der Waals surface area (Å²) in [7, 11) is 1.76. The van der Waals surface area contributed by atoms with Crippen molar-refractivity contribution in [3.8, 4) is 0 Å². The Labute approximate surface area is 160 Å². The summed E-state index contributed by atoms with van der Waals surface area (Å²) in [5.74, 6) is -0.413. The van der Waals surface area contributed by atoms with E-state index in [1.54, 1.807) is 23.7 Å². The Bertz CT molecular complexity index is 785. The van der Waals surface area contributed by atoms with Gasteiger partial charge in [-0.15, -0.1) is 11.8 Å². The van der Waals surface area contributed by atoms with Gasteiger partial charge >= 0.3 is 0 Å². The second kappa shape index (κ2) is 8.37. The van der Waals surface area contributed by atoms with Crippen molar-refractivity contribution in [3.05, 3.63) is 70.2 Å². The van der Waals surface area contributed by atoms with Gasteiger partial charge in [-0.3, -0.25) is 9.69 Å². The van der Waals surface area contributed by atoms with E-state index in [0.29, 0.717) is 17.1 Å². The summed E-state index contributed by atoms with van der Waals surface area (Å²) >= 11 is 7.97. The highest BCUT2D eigenvalue weighted by Crippen LogP contribution is 2.40. The number of benzene rings is 2. The average molecular weight is 397 g/mol. The van der Waals surface area contributed by atoms with Crippen molar-refractivity contribution < 1.29 is 13.6 Å². The highest BCUT2D eigenvalue weighted by molar-refractivity contribution is 7.99. The maximum atomic E-state index is 13.3. The SMILES string of the molecule is CN(CC(=O)N1CCS[C@H]1c1ccccc1Cl)Cc1cc(F)cc(F)c1.